The maximum atomic E-state index is 10.9. The van der Waals surface area contributed by atoms with Crippen molar-refractivity contribution in [2.75, 3.05) is 6.54 Å². The van der Waals surface area contributed by atoms with E-state index in [4.69, 9.17) is 0 Å². The van der Waals surface area contributed by atoms with Crippen molar-refractivity contribution in [2.45, 2.75) is 92.3 Å². The second kappa shape index (κ2) is 12.2. The second-order valence-corrected chi connectivity index (χ2v) is 8.75. The van der Waals surface area contributed by atoms with E-state index >= 15 is 0 Å². The van der Waals surface area contributed by atoms with Crippen LogP contribution in [-0.4, -0.2) is 28.3 Å². The molecule has 0 amide bonds. The van der Waals surface area contributed by atoms with Crippen LogP contribution in [-0.2, 0) is 0 Å². The molecule has 2 aliphatic rings. The van der Waals surface area contributed by atoms with Crippen LogP contribution in [0.4, 0.5) is 0 Å². The number of hydrogen-bond acceptors (Lipinski definition) is 3. The van der Waals surface area contributed by atoms with Crippen molar-refractivity contribution in [1.82, 2.24) is 10.2 Å². The molecule has 0 spiro atoms. The zero-order valence-corrected chi connectivity index (χ0v) is 20.6. The highest BCUT2D eigenvalue weighted by molar-refractivity contribution is 5.43. The Morgan fingerprint density at radius 2 is 2.00 bits per heavy atom. The minimum Gasteiger partial charge on any atom is -0.389 e. The summed E-state index contributed by atoms with van der Waals surface area (Å²) in [4.78, 5) is 2.45. The molecule has 0 aromatic carbocycles. The lowest BCUT2D eigenvalue weighted by atomic mass is 9.77. The third kappa shape index (κ3) is 6.38. The summed E-state index contributed by atoms with van der Waals surface area (Å²) in [5.74, 6) is 0.765. The van der Waals surface area contributed by atoms with Gasteiger partial charge in [-0.1, -0.05) is 91.3 Å². The molecule has 0 bridgehead atoms. The van der Waals surface area contributed by atoms with Crippen molar-refractivity contribution in [3.8, 4) is 0 Å². The molecule has 0 radical (unpaired) electrons. The standard InChI is InChI=1S/C25H40N2O.C2H6/c1-8-11-12-14-18(4)17-27-22(15-21(10-3)13-9-2)26-23-20(6)25(7,28)16-19(5)24(23)27;1-2/h8,11-12,14,20-22,26,28H,4-5,9-10,13,15-17H2,1-3,6-7H3;1-2H3/b11-8-,14-12-;. The van der Waals surface area contributed by atoms with Crippen LogP contribution in [0.15, 0.2) is 60.0 Å². The Bertz CT molecular complexity index is 668. The summed E-state index contributed by atoms with van der Waals surface area (Å²) in [6.45, 7) is 24.0. The fourth-order valence-corrected chi connectivity index (χ4v) is 4.50. The van der Waals surface area contributed by atoms with E-state index in [2.05, 4.69) is 50.2 Å². The average Bonchev–Trinajstić information content (AvgIpc) is 3.05. The monoisotopic (exact) mass is 414 g/mol. The Morgan fingerprint density at radius 1 is 1.33 bits per heavy atom. The van der Waals surface area contributed by atoms with Crippen LogP contribution in [0.5, 0.6) is 0 Å². The summed E-state index contributed by atoms with van der Waals surface area (Å²) in [5, 5.41) is 14.7. The van der Waals surface area contributed by atoms with E-state index in [1.807, 2.05) is 45.9 Å². The van der Waals surface area contributed by atoms with Crippen molar-refractivity contribution in [2.24, 2.45) is 11.8 Å². The molecule has 4 atom stereocenters. The highest BCUT2D eigenvalue weighted by Crippen LogP contribution is 2.44. The Balaban J connectivity index is 0.00000218. The van der Waals surface area contributed by atoms with Gasteiger partial charge in [0.1, 0.15) is 0 Å². The van der Waals surface area contributed by atoms with Gasteiger partial charge in [0.05, 0.1) is 17.5 Å². The van der Waals surface area contributed by atoms with Gasteiger partial charge in [0.2, 0.25) is 0 Å². The summed E-state index contributed by atoms with van der Waals surface area (Å²) in [6, 6.07) is 0. The van der Waals surface area contributed by atoms with Crippen LogP contribution in [0.2, 0.25) is 0 Å². The first-order valence-electron chi connectivity index (χ1n) is 11.9. The molecule has 3 nitrogen and oxygen atoms in total. The van der Waals surface area contributed by atoms with Crippen molar-refractivity contribution < 1.29 is 5.11 Å². The second-order valence-electron chi connectivity index (χ2n) is 8.75. The van der Waals surface area contributed by atoms with E-state index in [1.54, 1.807) is 0 Å². The molecule has 4 unspecified atom stereocenters. The largest absolute Gasteiger partial charge is 0.389 e. The van der Waals surface area contributed by atoms with Gasteiger partial charge in [0, 0.05) is 24.6 Å². The summed E-state index contributed by atoms with van der Waals surface area (Å²) in [6.07, 6.45) is 13.8. The lowest BCUT2D eigenvalue weighted by molar-refractivity contribution is 0.0146. The number of rotatable bonds is 9. The number of hydrogen-bond donors (Lipinski definition) is 2. The number of nitrogens with one attached hydrogen (secondary N) is 1. The molecule has 0 fully saturated rings. The van der Waals surface area contributed by atoms with Gasteiger partial charge in [-0.05, 0) is 37.3 Å². The highest BCUT2D eigenvalue weighted by atomic mass is 16.3. The first kappa shape index (κ1) is 26.3. The number of allylic oxidation sites excluding steroid dienone is 4. The van der Waals surface area contributed by atoms with Crippen LogP contribution in [0.1, 0.15) is 80.6 Å². The van der Waals surface area contributed by atoms with E-state index in [0.717, 1.165) is 29.8 Å². The lowest BCUT2D eigenvalue weighted by Crippen LogP contribution is -2.41. The lowest BCUT2D eigenvalue weighted by Gasteiger charge is -2.38. The van der Waals surface area contributed by atoms with E-state index in [9.17, 15) is 5.11 Å². The molecule has 2 rings (SSSR count). The molecule has 1 aliphatic carbocycles. The third-order valence-corrected chi connectivity index (χ3v) is 6.35. The molecule has 0 saturated heterocycles. The summed E-state index contributed by atoms with van der Waals surface area (Å²) in [5.41, 5.74) is 3.72. The zero-order valence-electron chi connectivity index (χ0n) is 20.6. The summed E-state index contributed by atoms with van der Waals surface area (Å²) < 4.78 is 0. The highest BCUT2D eigenvalue weighted by Gasteiger charge is 2.45. The Kier molecular flexibility index (Phi) is 10.7. The van der Waals surface area contributed by atoms with Crippen LogP contribution >= 0.6 is 0 Å². The minimum absolute atomic E-state index is 0.0681. The maximum Gasteiger partial charge on any atom is 0.0994 e. The average molecular weight is 415 g/mol. The predicted octanol–water partition coefficient (Wildman–Crippen LogP) is 6.71. The quantitative estimate of drug-likeness (QED) is 0.412. The van der Waals surface area contributed by atoms with E-state index in [0.29, 0.717) is 12.3 Å². The summed E-state index contributed by atoms with van der Waals surface area (Å²) >= 11 is 0. The van der Waals surface area contributed by atoms with Crippen molar-refractivity contribution in [1.29, 1.82) is 0 Å². The molecular weight excluding hydrogens is 368 g/mol. The Labute approximate surface area is 186 Å². The smallest absolute Gasteiger partial charge is 0.0994 e. The molecule has 0 saturated carbocycles. The van der Waals surface area contributed by atoms with Gasteiger partial charge < -0.3 is 15.3 Å². The molecule has 0 aromatic heterocycles. The van der Waals surface area contributed by atoms with Gasteiger partial charge in [0.25, 0.3) is 0 Å². The van der Waals surface area contributed by atoms with Crippen molar-refractivity contribution >= 4 is 0 Å². The zero-order chi connectivity index (χ0) is 22.9. The molecule has 0 aromatic rings. The molecule has 1 heterocycles. The molecular formula is C27H46N2O. The number of nitrogens with zero attached hydrogens (tertiary/aromatic N) is 1. The van der Waals surface area contributed by atoms with Crippen LogP contribution < -0.4 is 5.32 Å². The van der Waals surface area contributed by atoms with Gasteiger partial charge in [-0.25, -0.2) is 0 Å². The fourth-order valence-electron chi connectivity index (χ4n) is 4.50. The normalized spacial score (nSPS) is 27.2. The van der Waals surface area contributed by atoms with Crippen LogP contribution in [0.25, 0.3) is 0 Å². The van der Waals surface area contributed by atoms with Gasteiger partial charge >= 0.3 is 0 Å². The van der Waals surface area contributed by atoms with Gasteiger partial charge in [0.15, 0.2) is 0 Å². The predicted molar refractivity (Wildman–Crippen MR) is 132 cm³/mol. The van der Waals surface area contributed by atoms with Crippen molar-refractivity contribution in [3.05, 3.63) is 60.0 Å². The maximum absolute atomic E-state index is 10.9. The first-order chi connectivity index (χ1) is 14.2. The van der Waals surface area contributed by atoms with Crippen molar-refractivity contribution in [3.63, 3.8) is 0 Å². The van der Waals surface area contributed by atoms with E-state index in [1.165, 1.54) is 25.0 Å². The number of aliphatic hydroxyl groups is 1. The van der Waals surface area contributed by atoms with E-state index in [-0.39, 0.29) is 12.1 Å². The SMILES string of the molecule is C=C(/C=C\C=C/C)CN1C2=C(NC1CC(CC)CCC)C(C)C(C)(O)CC2=C.CC. The molecule has 170 valence electrons. The molecule has 2 N–H and O–H groups in total. The van der Waals surface area contributed by atoms with Crippen LogP contribution in [0.3, 0.4) is 0 Å². The Hall–Kier alpha value is -1.74. The van der Waals surface area contributed by atoms with Gasteiger partial charge in [-0.15, -0.1) is 0 Å². The third-order valence-electron chi connectivity index (χ3n) is 6.35. The Morgan fingerprint density at radius 3 is 2.57 bits per heavy atom. The summed E-state index contributed by atoms with van der Waals surface area (Å²) in [7, 11) is 0. The minimum atomic E-state index is -0.750. The van der Waals surface area contributed by atoms with Gasteiger partial charge in [-0.3, -0.25) is 0 Å². The molecule has 1 aliphatic heterocycles. The fraction of sp³-hybridized carbons (Fsp3) is 0.630. The molecule has 3 heteroatoms. The molecule has 30 heavy (non-hydrogen) atoms. The first-order valence-corrected chi connectivity index (χ1v) is 11.9. The van der Waals surface area contributed by atoms with Gasteiger partial charge in [-0.2, -0.15) is 0 Å². The van der Waals surface area contributed by atoms with E-state index < -0.39 is 5.60 Å². The topological polar surface area (TPSA) is 35.5 Å². The van der Waals surface area contributed by atoms with Crippen LogP contribution in [0, 0.1) is 11.8 Å².